The van der Waals surface area contributed by atoms with Gasteiger partial charge in [-0.3, -0.25) is 0 Å². The molecule has 1 fully saturated rings. The second-order valence-corrected chi connectivity index (χ2v) is 5.97. The molecule has 0 bridgehead atoms. The van der Waals surface area contributed by atoms with Crippen LogP contribution >= 0.6 is 0 Å². The van der Waals surface area contributed by atoms with Crippen molar-refractivity contribution in [2.45, 2.75) is 38.9 Å². The molecule has 2 N–H and O–H groups in total. The van der Waals surface area contributed by atoms with E-state index in [1.54, 1.807) is 20.8 Å². The van der Waals surface area contributed by atoms with Gasteiger partial charge in [0.15, 0.2) is 0 Å². The molecule has 1 aromatic rings. The highest BCUT2D eigenvalue weighted by Crippen LogP contribution is 2.28. The predicted molar refractivity (Wildman–Crippen MR) is 72.1 cm³/mol. The lowest BCUT2D eigenvalue weighted by Gasteiger charge is -2.39. The molecule has 2 rings (SSSR count). The number of carboxylic acid groups (broad SMARTS) is 1. The molecule has 1 aliphatic heterocycles. The van der Waals surface area contributed by atoms with E-state index in [0.717, 1.165) is 4.57 Å². The van der Waals surface area contributed by atoms with Crippen molar-refractivity contribution in [1.29, 1.82) is 0 Å². The fourth-order valence-corrected chi connectivity index (χ4v) is 2.14. The van der Waals surface area contributed by atoms with Gasteiger partial charge in [-0.2, -0.15) is 0 Å². The number of hydrogen-bond donors (Lipinski definition) is 2. The zero-order chi connectivity index (χ0) is 15.8. The number of carbonyl (C=O) groups excluding carboxylic acids is 1. The monoisotopic (exact) mass is 297 g/mol. The molecule has 0 unspecified atom stereocenters. The van der Waals surface area contributed by atoms with Gasteiger partial charge >= 0.3 is 12.2 Å². The van der Waals surface area contributed by atoms with Crippen LogP contribution in [-0.4, -0.2) is 55.5 Å². The number of aliphatic hydroxyl groups is 1. The van der Waals surface area contributed by atoms with Crippen molar-refractivity contribution in [2.75, 3.05) is 13.1 Å². The van der Waals surface area contributed by atoms with Crippen molar-refractivity contribution in [2.24, 2.45) is 0 Å². The van der Waals surface area contributed by atoms with Crippen LogP contribution in [0.2, 0.25) is 0 Å². The number of amides is 1. The molecule has 8 heteroatoms. The Morgan fingerprint density at radius 1 is 1.43 bits per heavy atom. The lowest BCUT2D eigenvalue weighted by molar-refractivity contribution is 0.00734. The number of hydrogen-bond acceptors (Lipinski definition) is 5. The molecule has 116 valence electrons. The Morgan fingerprint density at radius 2 is 2.05 bits per heavy atom. The summed E-state index contributed by atoms with van der Waals surface area (Å²) < 4.78 is 6.20. The summed E-state index contributed by atoms with van der Waals surface area (Å²) in [6.07, 6.45) is -0.281. The number of imidazole rings is 1. The number of ether oxygens (including phenoxy) is 1. The van der Waals surface area contributed by atoms with E-state index >= 15 is 0 Å². The highest BCUT2D eigenvalue weighted by Gasteiger charge is 2.38. The second kappa shape index (κ2) is 5.36. The molecule has 1 saturated heterocycles. The van der Waals surface area contributed by atoms with Crippen LogP contribution in [0.1, 0.15) is 38.2 Å². The molecule has 21 heavy (non-hydrogen) atoms. The third-order valence-corrected chi connectivity index (χ3v) is 3.11. The van der Waals surface area contributed by atoms with Crippen LogP contribution in [0.15, 0.2) is 6.20 Å². The number of carbonyl (C=O) groups is 2. The summed E-state index contributed by atoms with van der Waals surface area (Å²) in [4.78, 5) is 28.6. The van der Waals surface area contributed by atoms with Crippen molar-refractivity contribution in [3.63, 3.8) is 0 Å². The van der Waals surface area contributed by atoms with Crippen LogP contribution in [0.5, 0.6) is 0 Å². The average Bonchev–Trinajstić information content (AvgIpc) is 2.68. The highest BCUT2D eigenvalue weighted by atomic mass is 16.6. The number of nitrogens with zero attached hydrogens (tertiary/aromatic N) is 3. The van der Waals surface area contributed by atoms with Gasteiger partial charge < -0.3 is 19.8 Å². The molecular formula is C13H19N3O5. The first kappa shape index (κ1) is 15.3. The van der Waals surface area contributed by atoms with Gasteiger partial charge in [-0.1, -0.05) is 0 Å². The molecular weight excluding hydrogens is 278 g/mol. The molecule has 1 aliphatic rings. The molecule has 2 heterocycles. The van der Waals surface area contributed by atoms with Gasteiger partial charge in [0.2, 0.25) is 0 Å². The Kier molecular flexibility index (Phi) is 3.91. The summed E-state index contributed by atoms with van der Waals surface area (Å²) in [5.41, 5.74) is -0.348. The summed E-state index contributed by atoms with van der Waals surface area (Å²) in [5.74, 6) is 0.167. The summed E-state index contributed by atoms with van der Waals surface area (Å²) in [6, 6.07) is 0. The minimum atomic E-state index is -1.19. The summed E-state index contributed by atoms with van der Waals surface area (Å²) in [6.45, 7) is 5.66. The predicted octanol–water partition coefficient (Wildman–Crippen LogP) is 1.24. The number of rotatable bonds is 2. The SMILES string of the molecule is CC(C)(C)OC(=O)N1CC(c2ncc(CO)n2C(=O)O)C1. The maximum absolute atomic E-state index is 11.8. The van der Waals surface area contributed by atoms with E-state index in [9.17, 15) is 9.59 Å². The molecule has 8 nitrogen and oxygen atoms in total. The summed E-state index contributed by atoms with van der Waals surface area (Å²) in [7, 11) is 0. The lowest BCUT2D eigenvalue weighted by Crippen LogP contribution is -2.51. The van der Waals surface area contributed by atoms with Gasteiger partial charge in [-0.25, -0.2) is 19.1 Å². The molecule has 0 atom stereocenters. The van der Waals surface area contributed by atoms with Gasteiger partial charge in [-0.15, -0.1) is 0 Å². The van der Waals surface area contributed by atoms with E-state index < -0.39 is 24.4 Å². The van der Waals surface area contributed by atoms with Gasteiger partial charge in [0, 0.05) is 13.1 Å². The zero-order valence-electron chi connectivity index (χ0n) is 12.2. The van der Waals surface area contributed by atoms with Crippen molar-refractivity contribution in [3.8, 4) is 0 Å². The van der Waals surface area contributed by atoms with Gasteiger partial charge in [0.25, 0.3) is 0 Å². The molecule has 0 aliphatic carbocycles. The standard InChI is InChI=1S/C13H19N3O5/c1-13(2,3)21-12(20)15-5-8(6-15)10-14-4-9(7-17)16(10)11(18)19/h4,8,17H,5-7H2,1-3H3,(H,18,19). The van der Waals surface area contributed by atoms with E-state index in [0.29, 0.717) is 18.9 Å². The van der Waals surface area contributed by atoms with Crippen molar-refractivity contribution in [1.82, 2.24) is 14.5 Å². The molecule has 0 spiro atoms. The van der Waals surface area contributed by atoms with Crippen molar-refractivity contribution in [3.05, 3.63) is 17.7 Å². The first-order valence-corrected chi connectivity index (χ1v) is 6.61. The minimum absolute atomic E-state index is 0.172. The Bertz CT molecular complexity index is 555. The largest absolute Gasteiger partial charge is 0.464 e. The lowest BCUT2D eigenvalue weighted by atomic mass is 10.00. The second-order valence-electron chi connectivity index (χ2n) is 5.97. The van der Waals surface area contributed by atoms with Gasteiger partial charge in [-0.05, 0) is 20.8 Å². The van der Waals surface area contributed by atoms with Crippen LogP contribution in [0.3, 0.4) is 0 Å². The van der Waals surface area contributed by atoms with Gasteiger partial charge in [0.1, 0.15) is 11.4 Å². The third kappa shape index (κ3) is 3.15. The van der Waals surface area contributed by atoms with E-state index in [4.69, 9.17) is 14.9 Å². The fraction of sp³-hybridized carbons (Fsp3) is 0.615. The number of aliphatic hydroxyl groups excluding tert-OH is 1. The topological polar surface area (TPSA) is 105 Å². The highest BCUT2D eigenvalue weighted by molar-refractivity contribution is 5.71. The smallest absolute Gasteiger partial charge is 0.417 e. The van der Waals surface area contributed by atoms with E-state index in [1.807, 2.05) is 0 Å². The maximum Gasteiger partial charge on any atom is 0.417 e. The van der Waals surface area contributed by atoms with Crippen LogP contribution < -0.4 is 0 Å². The first-order valence-electron chi connectivity index (χ1n) is 6.61. The molecule has 1 amide bonds. The molecule has 0 radical (unpaired) electrons. The zero-order valence-corrected chi connectivity index (χ0v) is 12.2. The number of aromatic nitrogens is 2. The quantitative estimate of drug-likeness (QED) is 0.850. The fourth-order valence-electron chi connectivity index (χ4n) is 2.14. The summed E-state index contributed by atoms with van der Waals surface area (Å²) in [5, 5.41) is 18.3. The minimum Gasteiger partial charge on any atom is -0.464 e. The first-order chi connectivity index (χ1) is 9.73. The Labute approximate surface area is 121 Å². The van der Waals surface area contributed by atoms with Gasteiger partial charge in [0.05, 0.1) is 24.4 Å². The average molecular weight is 297 g/mol. The van der Waals surface area contributed by atoms with E-state index in [2.05, 4.69) is 4.98 Å². The molecule has 0 aromatic carbocycles. The van der Waals surface area contributed by atoms with Crippen LogP contribution in [0, 0.1) is 0 Å². The van der Waals surface area contributed by atoms with Crippen LogP contribution in [0.25, 0.3) is 0 Å². The Balaban J connectivity index is 2.04. The van der Waals surface area contributed by atoms with Crippen molar-refractivity contribution < 1.29 is 24.5 Å². The van der Waals surface area contributed by atoms with Crippen LogP contribution in [0.4, 0.5) is 9.59 Å². The van der Waals surface area contributed by atoms with Crippen LogP contribution in [-0.2, 0) is 11.3 Å². The maximum atomic E-state index is 11.8. The van der Waals surface area contributed by atoms with E-state index in [-0.39, 0.29) is 11.6 Å². The molecule has 0 saturated carbocycles. The third-order valence-electron chi connectivity index (χ3n) is 3.11. The summed E-state index contributed by atoms with van der Waals surface area (Å²) >= 11 is 0. The van der Waals surface area contributed by atoms with Crippen molar-refractivity contribution >= 4 is 12.2 Å². The number of likely N-dealkylation sites (tertiary alicyclic amines) is 1. The van der Waals surface area contributed by atoms with E-state index in [1.165, 1.54) is 11.1 Å². The Hall–Kier alpha value is -2.09. The molecule has 1 aromatic heterocycles. The Morgan fingerprint density at radius 3 is 2.52 bits per heavy atom. The normalized spacial score (nSPS) is 15.7.